The molecule has 1 N–H and O–H groups in total. The molecule has 1 aliphatic rings. The van der Waals surface area contributed by atoms with E-state index < -0.39 is 6.10 Å². The average molecular weight is 285 g/mol. The van der Waals surface area contributed by atoms with Crippen molar-refractivity contribution in [2.45, 2.75) is 51.6 Å². The summed E-state index contributed by atoms with van der Waals surface area (Å²) >= 11 is 5.78. The zero-order valence-corrected chi connectivity index (χ0v) is 12.2. The minimum Gasteiger partial charge on any atom is -0.392 e. The van der Waals surface area contributed by atoms with Crippen LogP contribution in [-0.2, 0) is 6.42 Å². The second-order valence-corrected chi connectivity index (χ2v) is 6.01. The fourth-order valence-electron chi connectivity index (χ4n) is 3.33. The molecule has 0 spiro atoms. The van der Waals surface area contributed by atoms with Gasteiger partial charge in [-0.05, 0) is 29.9 Å². The number of halogens is 2. The molecular formula is C16H22ClFO. The molecule has 19 heavy (non-hydrogen) atoms. The van der Waals surface area contributed by atoms with Gasteiger partial charge in [0.1, 0.15) is 5.82 Å². The molecule has 1 fully saturated rings. The molecule has 0 radical (unpaired) electrons. The number of hydrogen-bond donors (Lipinski definition) is 1. The van der Waals surface area contributed by atoms with E-state index in [1.165, 1.54) is 19.3 Å². The predicted octanol–water partition coefficient (Wildman–Crippen LogP) is 4.60. The molecule has 0 aliphatic heterocycles. The molecule has 1 aliphatic carbocycles. The third kappa shape index (κ3) is 3.49. The Morgan fingerprint density at radius 1 is 1.37 bits per heavy atom. The molecular weight excluding hydrogens is 263 g/mol. The van der Waals surface area contributed by atoms with Gasteiger partial charge < -0.3 is 5.11 Å². The quantitative estimate of drug-likeness (QED) is 0.857. The van der Waals surface area contributed by atoms with Gasteiger partial charge in [0.2, 0.25) is 0 Å². The zero-order chi connectivity index (χ0) is 13.8. The SMILES string of the molecule is CCC1CCCCC1C(O)Cc1cccc(Cl)c1F. The lowest BCUT2D eigenvalue weighted by Gasteiger charge is -2.34. The number of hydrogen-bond acceptors (Lipinski definition) is 1. The lowest BCUT2D eigenvalue weighted by Crippen LogP contribution is -2.32. The number of benzene rings is 1. The first-order valence-corrected chi connectivity index (χ1v) is 7.62. The van der Waals surface area contributed by atoms with Gasteiger partial charge in [-0.15, -0.1) is 0 Å². The van der Waals surface area contributed by atoms with E-state index in [0.717, 1.165) is 12.8 Å². The van der Waals surface area contributed by atoms with Crippen molar-refractivity contribution >= 4 is 11.6 Å². The molecule has 1 aromatic carbocycles. The highest BCUT2D eigenvalue weighted by molar-refractivity contribution is 6.30. The number of rotatable bonds is 4. The van der Waals surface area contributed by atoms with Crippen LogP contribution >= 0.6 is 11.6 Å². The van der Waals surface area contributed by atoms with Crippen molar-refractivity contribution in [1.29, 1.82) is 0 Å². The van der Waals surface area contributed by atoms with Gasteiger partial charge in [0.05, 0.1) is 11.1 Å². The van der Waals surface area contributed by atoms with Gasteiger partial charge in [0, 0.05) is 6.42 Å². The first kappa shape index (κ1) is 14.8. The summed E-state index contributed by atoms with van der Waals surface area (Å²) in [5, 5.41) is 10.6. The fourth-order valence-corrected chi connectivity index (χ4v) is 3.53. The highest BCUT2D eigenvalue weighted by Crippen LogP contribution is 2.35. The van der Waals surface area contributed by atoms with Crippen LogP contribution in [0, 0.1) is 17.7 Å². The van der Waals surface area contributed by atoms with Crippen molar-refractivity contribution in [3.05, 3.63) is 34.6 Å². The van der Waals surface area contributed by atoms with Gasteiger partial charge in [-0.2, -0.15) is 0 Å². The van der Waals surface area contributed by atoms with Crippen molar-refractivity contribution in [3.63, 3.8) is 0 Å². The Morgan fingerprint density at radius 3 is 2.84 bits per heavy atom. The predicted molar refractivity (Wildman–Crippen MR) is 76.9 cm³/mol. The summed E-state index contributed by atoms with van der Waals surface area (Å²) in [6, 6.07) is 5.00. The van der Waals surface area contributed by atoms with Gasteiger partial charge in [0.15, 0.2) is 0 Å². The molecule has 2 rings (SSSR count). The van der Waals surface area contributed by atoms with Crippen LogP contribution in [0.2, 0.25) is 5.02 Å². The third-order valence-corrected chi connectivity index (χ3v) is 4.74. The maximum Gasteiger partial charge on any atom is 0.145 e. The summed E-state index contributed by atoms with van der Waals surface area (Å²) in [6.45, 7) is 2.18. The van der Waals surface area contributed by atoms with Crippen LogP contribution in [0.15, 0.2) is 18.2 Å². The van der Waals surface area contributed by atoms with Crippen LogP contribution in [0.5, 0.6) is 0 Å². The zero-order valence-electron chi connectivity index (χ0n) is 11.4. The molecule has 106 valence electrons. The standard InChI is InChI=1S/C16H22ClFO/c1-2-11-6-3-4-8-13(11)15(19)10-12-7-5-9-14(17)16(12)18/h5,7,9,11,13,15,19H,2-4,6,8,10H2,1H3. The van der Waals surface area contributed by atoms with E-state index in [0.29, 0.717) is 23.8 Å². The van der Waals surface area contributed by atoms with Crippen LogP contribution in [0.3, 0.4) is 0 Å². The topological polar surface area (TPSA) is 20.2 Å². The maximum absolute atomic E-state index is 13.9. The first-order chi connectivity index (χ1) is 9.13. The smallest absolute Gasteiger partial charge is 0.145 e. The summed E-state index contributed by atoms with van der Waals surface area (Å²) in [7, 11) is 0. The Hall–Kier alpha value is -0.600. The lowest BCUT2D eigenvalue weighted by atomic mass is 9.74. The minimum atomic E-state index is -0.460. The van der Waals surface area contributed by atoms with Crippen LogP contribution in [0.25, 0.3) is 0 Å². The van der Waals surface area contributed by atoms with Crippen LogP contribution < -0.4 is 0 Å². The summed E-state index contributed by atoms with van der Waals surface area (Å²) in [5.74, 6) is 0.496. The number of aliphatic hydroxyl groups excluding tert-OH is 1. The Balaban J connectivity index is 2.07. The van der Waals surface area contributed by atoms with Gasteiger partial charge in [0.25, 0.3) is 0 Å². The second kappa shape index (κ2) is 6.71. The summed E-state index contributed by atoms with van der Waals surface area (Å²) < 4.78 is 13.9. The van der Waals surface area contributed by atoms with E-state index >= 15 is 0 Å². The molecule has 1 aromatic rings. The van der Waals surface area contributed by atoms with E-state index in [1.807, 2.05) is 0 Å². The molecule has 3 unspecified atom stereocenters. The van der Waals surface area contributed by atoms with Crippen molar-refractivity contribution in [3.8, 4) is 0 Å². The average Bonchev–Trinajstić information content (AvgIpc) is 2.43. The van der Waals surface area contributed by atoms with Gasteiger partial charge in [-0.1, -0.05) is 56.3 Å². The minimum absolute atomic E-state index is 0.139. The van der Waals surface area contributed by atoms with Crippen LogP contribution in [0.4, 0.5) is 4.39 Å². The number of aliphatic hydroxyl groups is 1. The van der Waals surface area contributed by atoms with Gasteiger partial charge >= 0.3 is 0 Å². The van der Waals surface area contributed by atoms with Crippen molar-refractivity contribution in [2.75, 3.05) is 0 Å². The molecule has 3 atom stereocenters. The summed E-state index contributed by atoms with van der Waals surface area (Å²) in [5.41, 5.74) is 0.528. The molecule has 1 saturated carbocycles. The van der Waals surface area contributed by atoms with Gasteiger partial charge in [-0.25, -0.2) is 4.39 Å². The highest BCUT2D eigenvalue weighted by atomic mass is 35.5. The lowest BCUT2D eigenvalue weighted by molar-refractivity contribution is 0.0459. The van der Waals surface area contributed by atoms with Crippen molar-refractivity contribution in [1.82, 2.24) is 0 Å². The largest absolute Gasteiger partial charge is 0.392 e. The van der Waals surface area contributed by atoms with Crippen molar-refractivity contribution in [2.24, 2.45) is 11.8 Å². The van der Waals surface area contributed by atoms with Crippen LogP contribution in [0.1, 0.15) is 44.6 Å². The van der Waals surface area contributed by atoms with E-state index in [9.17, 15) is 9.50 Å². The molecule has 0 amide bonds. The molecule has 0 heterocycles. The van der Waals surface area contributed by atoms with E-state index in [4.69, 9.17) is 11.6 Å². The van der Waals surface area contributed by atoms with Gasteiger partial charge in [-0.3, -0.25) is 0 Å². The molecule has 0 bridgehead atoms. The molecule has 1 nitrogen and oxygen atoms in total. The highest BCUT2D eigenvalue weighted by Gasteiger charge is 2.30. The van der Waals surface area contributed by atoms with Crippen molar-refractivity contribution < 1.29 is 9.50 Å². The summed E-state index contributed by atoms with van der Waals surface area (Å²) in [6.07, 6.45) is 5.69. The molecule has 3 heteroatoms. The summed E-state index contributed by atoms with van der Waals surface area (Å²) in [4.78, 5) is 0. The van der Waals surface area contributed by atoms with E-state index in [-0.39, 0.29) is 10.8 Å². The second-order valence-electron chi connectivity index (χ2n) is 5.60. The molecule has 0 aromatic heterocycles. The first-order valence-electron chi connectivity index (χ1n) is 7.24. The van der Waals surface area contributed by atoms with Crippen LogP contribution in [-0.4, -0.2) is 11.2 Å². The molecule has 0 saturated heterocycles. The fraction of sp³-hybridized carbons (Fsp3) is 0.625. The normalized spacial score (nSPS) is 25.3. The Morgan fingerprint density at radius 2 is 2.11 bits per heavy atom. The monoisotopic (exact) mass is 284 g/mol. The maximum atomic E-state index is 13.9. The Kier molecular flexibility index (Phi) is 5.23. The van der Waals surface area contributed by atoms with E-state index in [1.54, 1.807) is 18.2 Å². The van der Waals surface area contributed by atoms with E-state index in [2.05, 4.69) is 6.92 Å². The Labute approximate surface area is 119 Å². The Bertz CT molecular complexity index is 421. The third-order valence-electron chi connectivity index (χ3n) is 4.45.